The average Bonchev–Trinajstić information content (AvgIpc) is 3.78. The average molecular weight is 543 g/mol. The highest BCUT2D eigenvalue weighted by Gasteiger charge is 2.42. The first-order chi connectivity index (χ1) is 19.6. The van der Waals surface area contributed by atoms with E-state index in [-0.39, 0.29) is 37.4 Å². The second kappa shape index (κ2) is 10.6. The van der Waals surface area contributed by atoms with Crippen LogP contribution >= 0.6 is 0 Å². The Kier molecular flexibility index (Phi) is 6.81. The van der Waals surface area contributed by atoms with Gasteiger partial charge in [0.1, 0.15) is 23.7 Å². The molecule has 3 aromatic carbocycles. The molecule has 6 heteroatoms. The van der Waals surface area contributed by atoms with Crippen LogP contribution in [0.5, 0.6) is 11.5 Å². The maximum Gasteiger partial charge on any atom is 0.344 e. The number of hydrogen-bond acceptors (Lipinski definition) is 6. The molecule has 0 spiro atoms. The largest absolute Gasteiger partial charge is 0.481 e. The first-order valence-electron chi connectivity index (χ1n) is 15.2. The van der Waals surface area contributed by atoms with Gasteiger partial charge in [-0.05, 0) is 93.1 Å². The van der Waals surface area contributed by atoms with Crippen molar-refractivity contribution in [3.8, 4) is 11.5 Å². The quantitative estimate of drug-likeness (QED) is 0.219. The Morgan fingerprint density at radius 2 is 1.20 bits per heavy atom. The van der Waals surface area contributed by atoms with E-state index in [1.807, 2.05) is 30.3 Å². The van der Waals surface area contributed by atoms with Gasteiger partial charge in [-0.25, -0.2) is 9.59 Å². The number of rotatable bonds is 9. The molecule has 4 bridgehead atoms. The van der Waals surface area contributed by atoms with Crippen molar-refractivity contribution in [2.75, 3.05) is 13.2 Å². The predicted molar refractivity (Wildman–Crippen MR) is 152 cm³/mol. The van der Waals surface area contributed by atoms with Crippen molar-refractivity contribution in [2.45, 2.75) is 76.9 Å². The van der Waals surface area contributed by atoms with Gasteiger partial charge in [-0.2, -0.15) is 0 Å². The minimum Gasteiger partial charge on any atom is -0.481 e. The molecule has 0 amide bonds. The van der Waals surface area contributed by atoms with Gasteiger partial charge in [0.25, 0.3) is 0 Å². The molecule has 6 atom stereocenters. The SMILES string of the molecule is CCc1ccc2c(OCC(=O)OC3CC4CCC3C4)c3ccccc3c(OCC(=O)OC3CC4CCC3C4)c2c1. The van der Waals surface area contributed by atoms with Crippen molar-refractivity contribution < 1.29 is 28.5 Å². The lowest BCUT2D eigenvalue weighted by Crippen LogP contribution is -2.27. The minimum atomic E-state index is -0.316. The number of hydrogen-bond donors (Lipinski definition) is 0. The summed E-state index contributed by atoms with van der Waals surface area (Å²) in [7, 11) is 0. The van der Waals surface area contributed by atoms with E-state index >= 15 is 0 Å². The third kappa shape index (κ3) is 4.80. The van der Waals surface area contributed by atoms with Gasteiger partial charge in [0.2, 0.25) is 0 Å². The first-order valence-corrected chi connectivity index (χ1v) is 15.2. The van der Waals surface area contributed by atoms with Crippen LogP contribution in [-0.2, 0) is 25.5 Å². The minimum absolute atomic E-state index is 0.0324. The molecule has 4 aliphatic carbocycles. The van der Waals surface area contributed by atoms with Crippen LogP contribution in [0.25, 0.3) is 21.5 Å². The Morgan fingerprint density at radius 3 is 1.68 bits per heavy atom. The molecular weight excluding hydrogens is 504 g/mol. The number of fused-ring (bicyclic) bond motifs is 6. The number of aryl methyl sites for hydroxylation is 1. The van der Waals surface area contributed by atoms with E-state index in [4.69, 9.17) is 18.9 Å². The lowest BCUT2D eigenvalue weighted by atomic mass is 9.98. The number of carbonyl (C=O) groups excluding carboxylic acids is 2. The Bertz CT molecular complexity index is 1450. The number of esters is 2. The molecule has 6 unspecified atom stereocenters. The molecule has 210 valence electrons. The molecule has 6 nitrogen and oxygen atoms in total. The molecule has 4 aliphatic rings. The van der Waals surface area contributed by atoms with E-state index in [9.17, 15) is 9.59 Å². The molecule has 0 radical (unpaired) electrons. The zero-order chi connectivity index (χ0) is 27.2. The van der Waals surface area contributed by atoms with E-state index < -0.39 is 0 Å². The lowest BCUT2D eigenvalue weighted by Gasteiger charge is -2.23. The Hall–Kier alpha value is -3.28. The molecule has 0 N–H and O–H groups in total. The fourth-order valence-electron chi connectivity index (χ4n) is 8.01. The van der Waals surface area contributed by atoms with Crippen molar-refractivity contribution in [3.63, 3.8) is 0 Å². The number of ether oxygens (including phenoxy) is 4. The molecule has 0 saturated heterocycles. The topological polar surface area (TPSA) is 71.1 Å². The van der Waals surface area contributed by atoms with Gasteiger partial charge >= 0.3 is 11.9 Å². The van der Waals surface area contributed by atoms with Crippen molar-refractivity contribution >= 4 is 33.5 Å². The normalized spacial score (nSPS) is 28.3. The fourth-order valence-corrected chi connectivity index (χ4v) is 8.01. The molecule has 4 fully saturated rings. The van der Waals surface area contributed by atoms with Crippen LogP contribution in [0.2, 0.25) is 0 Å². The van der Waals surface area contributed by atoms with Crippen LogP contribution in [0.4, 0.5) is 0 Å². The van der Waals surface area contributed by atoms with Crippen LogP contribution in [0.3, 0.4) is 0 Å². The molecule has 0 aliphatic heterocycles. The van der Waals surface area contributed by atoms with Gasteiger partial charge in [0.05, 0.1) is 0 Å². The third-order valence-corrected chi connectivity index (χ3v) is 9.98. The monoisotopic (exact) mass is 542 g/mol. The highest BCUT2D eigenvalue weighted by Crippen LogP contribution is 2.47. The van der Waals surface area contributed by atoms with E-state index in [1.165, 1.54) is 25.7 Å². The van der Waals surface area contributed by atoms with Gasteiger partial charge in [-0.15, -0.1) is 0 Å². The van der Waals surface area contributed by atoms with Crippen molar-refractivity contribution in [2.24, 2.45) is 23.7 Å². The summed E-state index contributed by atoms with van der Waals surface area (Å²) in [4.78, 5) is 25.7. The van der Waals surface area contributed by atoms with Gasteiger partial charge < -0.3 is 18.9 Å². The maximum absolute atomic E-state index is 12.9. The van der Waals surface area contributed by atoms with Gasteiger partial charge in [-0.3, -0.25) is 0 Å². The number of benzene rings is 3. The van der Waals surface area contributed by atoms with E-state index in [0.717, 1.165) is 59.2 Å². The summed E-state index contributed by atoms with van der Waals surface area (Å²) in [5, 5.41) is 3.39. The third-order valence-electron chi connectivity index (χ3n) is 9.98. The summed E-state index contributed by atoms with van der Waals surface area (Å²) in [6.45, 7) is 1.83. The van der Waals surface area contributed by atoms with Crippen LogP contribution in [0.15, 0.2) is 42.5 Å². The van der Waals surface area contributed by atoms with Crippen molar-refractivity contribution in [3.05, 3.63) is 48.0 Å². The maximum atomic E-state index is 12.9. The van der Waals surface area contributed by atoms with E-state index in [0.29, 0.717) is 35.2 Å². The molecular formula is C34H38O6. The van der Waals surface area contributed by atoms with Crippen LogP contribution in [0, 0.1) is 23.7 Å². The molecule has 7 rings (SSSR count). The summed E-state index contributed by atoms with van der Waals surface area (Å²) in [5.41, 5.74) is 1.15. The van der Waals surface area contributed by atoms with Crippen LogP contribution in [0.1, 0.15) is 63.9 Å². The Balaban J connectivity index is 1.14. The standard InChI is InChI=1S/C34H38O6/c1-2-20-9-12-27-28(15-20)34(38-19-32(36)40-30-17-22-8-11-24(30)14-22)26-6-4-3-5-25(26)33(27)37-18-31(35)39-29-16-21-7-10-23(29)13-21/h3-6,9,12,15,21-24,29-30H,2,7-8,10-11,13-14,16-19H2,1H3. The second-order valence-electron chi connectivity index (χ2n) is 12.4. The molecule has 4 saturated carbocycles. The van der Waals surface area contributed by atoms with Gasteiger partial charge in [0.15, 0.2) is 13.2 Å². The van der Waals surface area contributed by atoms with Crippen molar-refractivity contribution in [1.29, 1.82) is 0 Å². The number of carbonyl (C=O) groups is 2. The van der Waals surface area contributed by atoms with Gasteiger partial charge in [0, 0.05) is 21.5 Å². The summed E-state index contributed by atoms with van der Waals surface area (Å²) in [6, 6.07) is 14.0. The van der Waals surface area contributed by atoms with Crippen LogP contribution < -0.4 is 9.47 Å². The fraction of sp³-hybridized carbons (Fsp3) is 0.529. The first kappa shape index (κ1) is 25.7. The zero-order valence-corrected chi connectivity index (χ0v) is 23.2. The zero-order valence-electron chi connectivity index (χ0n) is 23.2. The second-order valence-corrected chi connectivity index (χ2v) is 12.4. The molecule has 3 aromatic rings. The summed E-state index contributed by atoms with van der Waals surface area (Å²) < 4.78 is 24.2. The molecule has 0 aromatic heterocycles. The summed E-state index contributed by atoms with van der Waals surface area (Å²) in [5.74, 6) is 3.08. The Labute approximate surface area is 235 Å². The summed E-state index contributed by atoms with van der Waals surface area (Å²) >= 11 is 0. The highest BCUT2D eigenvalue weighted by atomic mass is 16.6. The van der Waals surface area contributed by atoms with E-state index in [2.05, 4.69) is 19.1 Å². The molecule has 40 heavy (non-hydrogen) atoms. The highest BCUT2D eigenvalue weighted by molar-refractivity contribution is 6.11. The van der Waals surface area contributed by atoms with Gasteiger partial charge in [-0.1, -0.05) is 43.3 Å². The van der Waals surface area contributed by atoms with Crippen LogP contribution in [-0.4, -0.2) is 37.4 Å². The predicted octanol–water partition coefficient (Wildman–Crippen LogP) is 6.78. The molecule has 0 heterocycles. The summed E-state index contributed by atoms with van der Waals surface area (Å²) in [6.07, 6.45) is 10.1. The van der Waals surface area contributed by atoms with Crippen molar-refractivity contribution in [1.82, 2.24) is 0 Å². The Morgan fingerprint density at radius 1 is 0.675 bits per heavy atom. The van der Waals surface area contributed by atoms with E-state index in [1.54, 1.807) is 0 Å². The smallest absolute Gasteiger partial charge is 0.344 e. The lowest BCUT2D eigenvalue weighted by molar-refractivity contribution is -0.154.